The Morgan fingerprint density at radius 2 is 1.90 bits per heavy atom. The summed E-state index contributed by atoms with van der Waals surface area (Å²) in [5.74, 6) is 2.16. The number of fused-ring (bicyclic) bond motifs is 2. The van der Waals surface area contributed by atoms with Crippen molar-refractivity contribution < 1.29 is 9.53 Å². The Morgan fingerprint density at radius 1 is 1.10 bits per heavy atom. The number of carbonyl (C=O) groups is 1. The molecular weight excluding hydrogens is 518 g/mol. The van der Waals surface area contributed by atoms with Crippen molar-refractivity contribution in [1.82, 2.24) is 25.1 Å². The van der Waals surface area contributed by atoms with Crippen molar-refractivity contribution in [1.29, 1.82) is 5.26 Å². The Labute approximate surface area is 238 Å². The molecule has 2 N–H and O–H groups in total. The van der Waals surface area contributed by atoms with Crippen LogP contribution in [0.15, 0.2) is 42.9 Å². The normalized spacial score (nSPS) is 20.7. The number of hydrogen-bond acceptors (Lipinski definition) is 9. The van der Waals surface area contributed by atoms with Crippen LogP contribution in [0.3, 0.4) is 0 Å². The van der Waals surface area contributed by atoms with Crippen LogP contribution in [-0.4, -0.2) is 49.2 Å². The average molecular weight is 552 g/mol. The highest BCUT2D eigenvalue weighted by atomic mass is 16.5. The van der Waals surface area contributed by atoms with Crippen LogP contribution in [0.4, 0.5) is 28.8 Å². The Morgan fingerprint density at radius 3 is 2.66 bits per heavy atom. The van der Waals surface area contributed by atoms with E-state index < -0.39 is 6.04 Å². The van der Waals surface area contributed by atoms with E-state index in [1.54, 1.807) is 35.6 Å². The zero-order chi connectivity index (χ0) is 28.7. The van der Waals surface area contributed by atoms with Gasteiger partial charge in [-0.1, -0.05) is 6.92 Å². The second-order valence-corrected chi connectivity index (χ2v) is 11.2. The molecule has 0 spiro atoms. The van der Waals surface area contributed by atoms with Gasteiger partial charge in [-0.25, -0.2) is 9.97 Å². The summed E-state index contributed by atoms with van der Waals surface area (Å²) in [5, 5.41) is 20.9. The zero-order valence-corrected chi connectivity index (χ0v) is 23.6. The summed E-state index contributed by atoms with van der Waals surface area (Å²) >= 11 is 0. The first kappa shape index (κ1) is 26.5. The van der Waals surface area contributed by atoms with Crippen molar-refractivity contribution in [2.45, 2.75) is 71.6 Å². The number of nitrogens with zero attached hydrogens (tertiary/aromatic N) is 7. The number of nitrogens with one attached hydrogen (secondary N) is 2. The van der Waals surface area contributed by atoms with Gasteiger partial charge in [-0.3, -0.25) is 14.8 Å². The fraction of sp³-hybridized carbons (Fsp3) is 0.400. The van der Waals surface area contributed by atoms with Crippen molar-refractivity contribution in [3.63, 3.8) is 0 Å². The minimum atomic E-state index is -0.454. The van der Waals surface area contributed by atoms with E-state index in [1.807, 2.05) is 32.9 Å². The summed E-state index contributed by atoms with van der Waals surface area (Å²) < 4.78 is 5.82. The van der Waals surface area contributed by atoms with Crippen molar-refractivity contribution in [3.8, 4) is 11.8 Å². The van der Waals surface area contributed by atoms with Gasteiger partial charge >= 0.3 is 0 Å². The lowest BCUT2D eigenvalue weighted by Crippen LogP contribution is -2.55. The highest BCUT2D eigenvalue weighted by molar-refractivity contribution is 6.10. The number of anilines is 5. The van der Waals surface area contributed by atoms with Gasteiger partial charge in [0.2, 0.25) is 5.95 Å². The molecule has 0 saturated heterocycles. The number of hydrogen-bond donors (Lipinski definition) is 2. The molecule has 1 amide bonds. The topological polar surface area (TPSA) is 136 Å². The van der Waals surface area contributed by atoms with Gasteiger partial charge in [-0.2, -0.15) is 15.3 Å². The van der Waals surface area contributed by atoms with Crippen LogP contribution in [-0.2, 0) is 4.79 Å². The van der Waals surface area contributed by atoms with Gasteiger partial charge in [0.15, 0.2) is 11.5 Å². The summed E-state index contributed by atoms with van der Waals surface area (Å²) in [6, 6.07) is 9.13. The molecule has 0 radical (unpaired) electrons. The van der Waals surface area contributed by atoms with Gasteiger partial charge in [0.1, 0.15) is 23.5 Å². The summed E-state index contributed by atoms with van der Waals surface area (Å²) in [5.41, 5.74) is 2.95. The molecule has 1 aromatic carbocycles. The van der Waals surface area contributed by atoms with Gasteiger partial charge in [-0.15, -0.1) is 0 Å². The molecule has 11 heteroatoms. The van der Waals surface area contributed by atoms with Gasteiger partial charge in [0.05, 0.1) is 41.6 Å². The number of H-pyrrole nitrogens is 1. The van der Waals surface area contributed by atoms with Gasteiger partial charge in [0, 0.05) is 11.4 Å². The summed E-state index contributed by atoms with van der Waals surface area (Å²) in [6.07, 6.45) is 9.21. The van der Waals surface area contributed by atoms with Crippen molar-refractivity contribution in [2.75, 3.05) is 15.1 Å². The van der Waals surface area contributed by atoms with Crippen molar-refractivity contribution in [3.05, 3.63) is 48.4 Å². The van der Waals surface area contributed by atoms with E-state index in [0.29, 0.717) is 46.0 Å². The maximum atomic E-state index is 14.0. The molecule has 11 nitrogen and oxygen atoms in total. The number of carbonyl (C=O) groups excluding carboxylic acids is 1. The molecule has 1 fully saturated rings. The number of aromatic amines is 1. The van der Waals surface area contributed by atoms with Crippen LogP contribution in [0.25, 0.3) is 11.0 Å². The lowest BCUT2D eigenvalue weighted by atomic mass is 9.85. The van der Waals surface area contributed by atoms with Crippen LogP contribution in [0.1, 0.15) is 58.9 Å². The number of nitriles is 1. The predicted molar refractivity (Wildman–Crippen MR) is 157 cm³/mol. The molecule has 1 aliphatic carbocycles. The Bertz CT molecular complexity index is 1630. The molecule has 4 heterocycles. The monoisotopic (exact) mass is 551 g/mol. The minimum absolute atomic E-state index is 0.0826. The molecule has 1 atom stereocenters. The summed E-state index contributed by atoms with van der Waals surface area (Å²) in [7, 11) is 0. The van der Waals surface area contributed by atoms with E-state index in [9.17, 15) is 10.1 Å². The number of benzene rings is 1. The molecule has 4 aromatic rings. The molecule has 0 bridgehead atoms. The Balaban J connectivity index is 1.42. The van der Waals surface area contributed by atoms with Gasteiger partial charge in [-0.05, 0) is 76.6 Å². The standard InChI is InChI=1S/C30H33N9O2/c1-17(2)41-26-10-9-24(12-20(26)13-31)39-25-16-33-30(35-22-11-21-14-34-37-27(21)32-15-22)36-28(25)38(19(4)29(39)40)23-7-5-18(3)6-8-23/h9-12,14-19,23H,5-8H2,1-4H3,(H,32,34,37)(H,33,35,36)/t18?,19-,23?/m1/s1. The van der Waals surface area contributed by atoms with Crippen LogP contribution in [0, 0.1) is 17.2 Å². The van der Waals surface area contributed by atoms with Crippen molar-refractivity contribution in [2.24, 2.45) is 5.92 Å². The molecule has 2 aliphatic rings. The first-order valence-electron chi connectivity index (χ1n) is 14.1. The van der Waals surface area contributed by atoms with E-state index in [4.69, 9.17) is 9.72 Å². The number of aromatic nitrogens is 5. The number of ether oxygens (including phenoxy) is 1. The van der Waals surface area contributed by atoms with Gasteiger partial charge in [0.25, 0.3) is 5.91 Å². The number of amides is 1. The van der Waals surface area contributed by atoms with Crippen LogP contribution in [0.5, 0.6) is 5.75 Å². The fourth-order valence-electron chi connectivity index (χ4n) is 5.79. The fourth-order valence-corrected chi connectivity index (χ4v) is 5.79. The third-order valence-corrected chi connectivity index (χ3v) is 7.86. The Kier molecular flexibility index (Phi) is 6.91. The smallest absolute Gasteiger partial charge is 0.254 e. The molecule has 1 aliphatic heterocycles. The molecule has 1 saturated carbocycles. The largest absolute Gasteiger partial charge is 0.490 e. The molecule has 210 valence electrons. The summed E-state index contributed by atoms with van der Waals surface area (Å²) in [4.78, 5) is 31.8. The van der Waals surface area contributed by atoms with Gasteiger partial charge < -0.3 is 15.0 Å². The minimum Gasteiger partial charge on any atom is -0.490 e. The van der Waals surface area contributed by atoms with E-state index in [-0.39, 0.29) is 18.1 Å². The number of pyridine rings is 1. The SMILES string of the molecule is CC1CCC(N2c3nc(Nc4cnc5[nH]ncc5c4)ncc3N(c3ccc(OC(C)C)c(C#N)c3)C(=O)[C@H]2C)CC1. The maximum absolute atomic E-state index is 14.0. The average Bonchev–Trinajstić information content (AvgIpc) is 3.43. The second-order valence-electron chi connectivity index (χ2n) is 11.2. The van der Waals surface area contributed by atoms with E-state index in [0.717, 1.165) is 36.8 Å². The Hall–Kier alpha value is -4.72. The lowest BCUT2D eigenvalue weighted by Gasteiger charge is -2.46. The van der Waals surface area contributed by atoms with Crippen LogP contribution >= 0.6 is 0 Å². The molecular formula is C30H33N9O2. The van der Waals surface area contributed by atoms with E-state index >= 15 is 0 Å². The molecule has 3 aromatic heterocycles. The summed E-state index contributed by atoms with van der Waals surface area (Å²) in [6.45, 7) is 8.04. The highest BCUT2D eigenvalue weighted by Crippen LogP contribution is 2.43. The van der Waals surface area contributed by atoms with E-state index in [2.05, 4.69) is 43.4 Å². The lowest BCUT2D eigenvalue weighted by molar-refractivity contribution is -0.119. The quantitative estimate of drug-likeness (QED) is 0.314. The van der Waals surface area contributed by atoms with Crippen LogP contribution < -0.4 is 19.9 Å². The van der Waals surface area contributed by atoms with E-state index in [1.165, 1.54) is 0 Å². The first-order chi connectivity index (χ1) is 19.8. The second kappa shape index (κ2) is 10.7. The highest BCUT2D eigenvalue weighted by Gasteiger charge is 2.42. The first-order valence-corrected chi connectivity index (χ1v) is 14.1. The van der Waals surface area contributed by atoms with Crippen LogP contribution in [0.2, 0.25) is 0 Å². The third kappa shape index (κ3) is 5.01. The van der Waals surface area contributed by atoms with Crippen molar-refractivity contribution >= 4 is 45.8 Å². The third-order valence-electron chi connectivity index (χ3n) is 7.86. The number of rotatable bonds is 6. The maximum Gasteiger partial charge on any atom is 0.254 e. The zero-order valence-electron chi connectivity index (χ0n) is 23.6. The molecule has 6 rings (SSSR count). The molecule has 0 unspecified atom stereocenters. The molecule has 41 heavy (non-hydrogen) atoms. The predicted octanol–water partition coefficient (Wildman–Crippen LogP) is 5.60.